The van der Waals surface area contributed by atoms with Crippen molar-refractivity contribution in [3.05, 3.63) is 81.9 Å². The number of fused-ring (bicyclic) bond motifs is 8. The van der Waals surface area contributed by atoms with Crippen molar-refractivity contribution in [2.75, 3.05) is 26.2 Å². The van der Waals surface area contributed by atoms with Crippen LogP contribution in [-0.4, -0.2) is 75.2 Å². The SMILES string of the molecule is CCCN(C[C@H](O)CO)C[C@]1(O)CC[C@H]2c3ccc(cc3C(=O)c3ccc(F)c(F)c3)C[C@@H](O)CCC(C)=CCC[C@@]21C. The van der Waals surface area contributed by atoms with E-state index in [4.69, 9.17) is 0 Å². The number of hydrogen-bond donors (Lipinski definition) is 4. The minimum atomic E-state index is -1.15. The molecule has 0 amide bonds. The number of rotatable bonds is 9. The minimum absolute atomic E-state index is 0.0413. The summed E-state index contributed by atoms with van der Waals surface area (Å²) in [6.07, 6.45) is 5.56. The van der Waals surface area contributed by atoms with Gasteiger partial charge in [-0.05, 0) is 106 Å². The maximum absolute atomic E-state index is 14.2. The minimum Gasteiger partial charge on any atom is -0.394 e. The number of aliphatic hydroxyl groups is 4. The summed E-state index contributed by atoms with van der Waals surface area (Å²) in [5.74, 6) is -2.76. The van der Waals surface area contributed by atoms with Crippen LogP contribution in [0.3, 0.4) is 0 Å². The zero-order valence-corrected chi connectivity index (χ0v) is 25.7. The van der Waals surface area contributed by atoms with E-state index in [1.165, 1.54) is 11.6 Å². The molecule has 1 saturated carbocycles. The monoisotopic (exact) mass is 599 g/mol. The molecule has 2 bridgehead atoms. The zero-order chi connectivity index (χ0) is 31.4. The Bertz CT molecular complexity index is 1320. The number of hydrogen-bond acceptors (Lipinski definition) is 6. The molecule has 0 saturated heterocycles. The lowest BCUT2D eigenvalue weighted by molar-refractivity contribution is -0.0891. The fourth-order valence-corrected chi connectivity index (χ4v) is 7.27. The molecule has 3 aliphatic rings. The fraction of sp³-hybridized carbons (Fsp3) is 0.571. The van der Waals surface area contributed by atoms with Crippen LogP contribution in [-0.2, 0) is 6.42 Å². The van der Waals surface area contributed by atoms with Gasteiger partial charge >= 0.3 is 0 Å². The first kappa shape index (κ1) is 33.4. The number of aliphatic hydroxyl groups excluding tert-OH is 3. The van der Waals surface area contributed by atoms with Gasteiger partial charge < -0.3 is 20.4 Å². The van der Waals surface area contributed by atoms with E-state index in [9.17, 15) is 34.0 Å². The average molecular weight is 600 g/mol. The number of carbonyl (C=O) groups is 1. The van der Waals surface area contributed by atoms with E-state index >= 15 is 0 Å². The molecule has 2 aromatic carbocycles. The maximum atomic E-state index is 14.2. The van der Waals surface area contributed by atoms with E-state index in [1.54, 1.807) is 6.07 Å². The summed E-state index contributed by atoms with van der Waals surface area (Å²) < 4.78 is 28.0. The normalized spacial score (nSPS) is 27.1. The highest BCUT2D eigenvalue weighted by atomic mass is 19.2. The summed E-state index contributed by atoms with van der Waals surface area (Å²) >= 11 is 0. The summed E-state index contributed by atoms with van der Waals surface area (Å²) in [4.78, 5) is 16.0. The molecular weight excluding hydrogens is 552 g/mol. The lowest BCUT2D eigenvalue weighted by atomic mass is 9.64. The molecule has 0 radical (unpaired) electrons. The standard InChI is InChI=1S/C35H47F2NO5/c1-4-16-38(20-27(41)21-39)22-35(43)15-13-30-28-11-8-24(17-26(40)10-7-23(2)6-5-14-34(30,35)3)18-29(28)33(42)25-9-12-31(36)32(37)19-25/h6,8-9,11-12,18-19,26-27,30,39-41,43H,4-5,7,10,13-17,20-22H2,1-3H3/t26-,27-,30-,34-,35+/m0/s1. The molecule has 43 heavy (non-hydrogen) atoms. The van der Waals surface area contributed by atoms with Crippen LogP contribution >= 0.6 is 0 Å². The molecule has 0 aliphatic heterocycles. The number of halogens is 2. The average Bonchev–Trinajstić information content (AvgIpc) is 3.22. The van der Waals surface area contributed by atoms with Gasteiger partial charge in [0.05, 0.1) is 24.4 Å². The summed E-state index contributed by atoms with van der Waals surface area (Å²) in [5, 5.41) is 43.0. The first-order valence-corrected chi connectivity index (χ1v) is 15.6. The maximum Gasteiger partial charge on any atom is 0.193 e. The second-order valence-corrected chi connectivity index (χ2v) is 13.0. The molecular formula is C35H47F2NO5. The van der Waals surface area contributed by atoms with Crippen LogP contribution in [0.2, 0.25) is 0 Å². The summed E-state index contributed by atoms with van der Waals surface area (Å²) in [7, 11) is 0. The molecule has 4 N–H and O–H groups in total. The highest BCUT2D eigenvalue weighted by Gasteiger charge is 2.57. The van der Waals surface area contributed by atoms with Crippen molar-refractivity contribution in [1.29, 1.82) is 0 Å². The van der Waals surface area contributed by atoms with E-state index in [-0.39, 0.29) is 24.6 Å². The second kappa shape index (κ2) is 14.1. The molecule has 236 valence electrons. The highest BCUT2D eigenvalue weighted by Crippen LogP contribution is 2.58. The zero-order valence-electron chi connectivity index (χ0n) is 25.7. The molecule has 0 heterocycles. The van der Waals surface area contributed by atoms with Crippen molar-refractivity contribution < 1.29 is 34.0 Å². The van der Waals surface area contributed by atoms with Gasteiger partial charge in [0, 0.05) is 29.6 Å². The van der Waals surface area contributed by atoms with Gasteiger partial charge in [0.15, 0.2) is 17.4 Å². The van der Waals surface area contributed by atoms with Crippen LogP contribution in [0.5, 0.6) is 0 Å². The van der Waals surface area contributed by atoms with Gasteiger partial charge in [0.1, 0.15) is 0 Å². The number of benzene rings is 2. The molecule has 2 aromatic rings. The topological polar surface area (TPSA) is 101 Å². The predicted molar refractivity (Wildman–Crippen MR) is 163 cm³/mol. The Morgan fingerprint density at radius 1 is 1.12 bits per heavy atom. The third-order valence-electron chi connectivity index (χ3n) is 9.80. The van der Waals surface area contributed by atoms with Gasteiger partial charge in [-0.3, -0.25) is 9.69 Å². The number of carbonyl (C=O) groups excluding carboxylic acids is 1. The van der Waals surface area contributed by atoms with Crippen molar-refractivity contribution >= 4 is 5.78 Å². The summed E-state index contributed by atoms with van der Waals surface area (Å²) in [6.45, 7) is 7.01. The van der Waals surface area contributed by atoms with Crippen LogP contribution in [0.4, 0.5) is 8.78 Å². The third kappa shape index (κ3) is 7.43. The molecule has 5 rings (SSSR count). The van der Waals surface area contributed by atoms with Gasteiger partial charge in [0.2, 0.25) is 0 Å². The van der Waals surface area contributed by atoms with E-state index in [2.05, 4.69) is 19.9 Å². The van der Waals surface area contributed by atoms with Crippen molar-refractivity contribution in [2.45, 2.75) is 95.9 Å². The van der Waals surface area contributed by atoms with Crippen LogP contribution < -0.4 is 0 Å². The van der Waals surface area contributed by atoms with E-state index in [0.29, 0.717) is 57.2 Å². The Balaban J connectivity index is 1.83. The van der Waals surface area contributed by atoms with Crippen molar-refractivity contribution in [3.8, 4) is 0 Å². The molecule has 0 aromatic heterocycles. The fourth-order valence-electron chi connectivity index (χ4n) is 7.27. The summed E-state index contributed by atoms with van der Waals surface area (Å²) in [5.41, 5.74) is 1.30. The van der Waals surface area contributed by atoms with Gasteiger partial charge in [-0.15, -0.1) is 0 Å². The van der Waals surface area contributed by atoms with Crippen LogP contribution in [0.25, 0.3) is 0 Å². The largest absolute Gasteiger partial charge is 0.394 e. The van der Waals surface area contributed by atoms with Gasteiger partial charge in [-0.2, -0.15) is 0 Å². The van der Waals surface area contributed by atoms with E-state index in [0.717, 1.165) is 36.1 Å². The number of ketones is 1. The first-order chi connectivity index (χ1) is 20.4. The quantitative estimate of drug-likeness (QED) is 0.231. The van der Waals surface area contributed by atoms with E-state index in [1.807, 2.05) is 24.0 Å². The lowest BCUT2D eigenvalue weighted by Crippen LogP contribution is -2.54. The molecule has 8 heteroatoms. The highest BCUT2D eigenvalue weighted by molar-refractivity contribution is 6.10. The smallest absolute Gasteiger partial charge is 0.193 e. The Morgan fingerprint density at radius 2 is 1.88 bits per heavy atom. The third-order valence-corrected chi connectivity index (χ3v) is 9.80. The number of allylic oxidation sites excluding steroid dienone is 2. The van der Waals surface area contributed by atoms with Crippen LogP contribution in [0.1, 0.15) is 98.7 Å². The molecule has 6 nitrogen and oxygen atoms in total. The lowest BCUT2D eigenvalue weighted by Gasteiger charge is -2.46. The molecule has 1 fully saturated rings. The molecule has 5 atom stereocenters. The Hall–Kier alpha value is -2.49. The van der Waals surface area contributed by atoms with Gasteiger partial charge in [-0.25, -0.2) is 8.78 Å². The predicted octanol–water partition coefficient (Wildman–Crippen LogP) is 5.30. The van der Waals surface area contributed by atoms with Crippen LogP contribution in [0, 0.1) is 17.0 Å². The first-order valence-electron chi connectivity index (χ1n) is 15.6. The second-order valence-electron chi connectivity index (χ2n) is 13.0. The number of nitrogens with zero attached hydrogens (tertiary/aromatic N) is 1. The van der Waals surface area contributed by atoms with Crippen molar-refractivity contribution in [2.24, 2.45) is 5.41 Å². The van der Waals surface area contributed by atoms with Gasteiger partial charge in [-0.1, -0.05) is 37.6 Å². The van der Waals surface area contributed by atoms with Crippen molar-refractivity contribution in [1.82, 2.24) is 4.90 Å². The Kier molecular flexibility index (Phi) is 10.9. The Labute approximate surface area is 254 Å². The molecule has 0 unspecified atom stereocenters. The van der Waals surface area contributed by atoms with Crippen molar-refractivity contribution in [3.63, 3.8) is 0 Å². The van der Waals surface area contributed by atoms with E-state index < -0.39 is 40.6 Å². The Morgan fingerprint density at radius 3 is 2.58 bits per heavy atom. The van der Waals surface area contributed by atoms with Crippen LogP contribution in [0.15, 0.2) is 48.0 Å². The molecule has 0 spiro atoms. The van der Waals surface area contributed by atoms with Gasteiger partial charge in [0.25, 0.3) is 0 Å². The molecule has 3 aliphatic carbocycles. The summed E-state index contributed by atoms with van der Waals surface area (Å²) in [6, 6.07) is 8.78.